The predicted molar refractivity (Wildman–Crippen MR) is 89.4 cm³/mol. The summed E-state index contributed by atoms with van der Waals surface area (Å²) in [6, 6.07) is 4.40. The third-order valence-corrected chi connectivity index (χ3v) is 3.93. The van der Waals surface area contributed by atoms with Gasteiger partial charge in [0, 0.05) is 17.0 Å². The molecule has 0 aliphatic carbocycles. The molecule has 2 amide bonds. The van der Waals surface area contributed by atoms with Crippen LogP contribution in [0.3, 0.4) is 0 Å². The summed E-state index contributed by atoms with van der Waals surface area (Å²) in [4.78, 5) is 27.7. The van der Waals surface area contributed by atoms with Crippen LogP contribution in [0.1, 0.15) is 25.1 Å². The van der Waals surface area contributed by atoms with E-state index in [4.69, 9.17) is 0 Å². The lowest BCUT2D eigenvalue weighted by molar-refractivity contribution is -0.137. The second-order valence-corrected chi connectivity index (χ2v) is 6.45. The van der Waals surface area contributed by atoms with Crippen LogP contribution in [0.15, 0.2) is 29.6 Å². The van der Waals surface area contributed by atoms with Crippen LogP contribution in [0.5, 0.6) is 0 Å². The number of thiazole rings is 1. The molecular formula is C16H16F3N3O2S. The van der Waals surface area contributed by atoms with E-state index in [0.29, 0.717) is 10.8 Å². The number of hydrogen-bond donors (Lipinski definition) is 2. The lowest BCUT2D eigenvalue weighted by Crippen LogP contribution is -2.18. The maximum atomic E-state index is 12.7. The number of anilines is 2. The predicted octanol–water partition coefficient (Wildman–Crippen LogP) is 3.94. The van der Waals surface area contributed by atoms with E-state index < -0.39 is 17.6 Å². The van der Waals surface area contributed by atoms with E-state index in [-0.39, 0.29) is 23.9 Å². The van der Waals surface area contributed by atoms with E-state index in [1.54, 1.807) is 19.2 Å². The minimum atomic E-state index is -4.47. The number of aromatic nitrogens is 1. The van der Waals surface area contributed by atoms with E-state index in [1.807, 2.05) is 0 Å². The summed E-state index contributed by atoms with van der Waals surface area (Å²) in [5.41, 5.74) is -0.352. The lowest BCUT2D eigenvalue weighted by atomic mass is 10.2. The lowest BCUT2D eigenvalue weighted by Gasteiger charge is -2.09. The van der Waals surface area contributed by atoms with Crippen LogP contribution in [0, 0.1) is 5.92 Å². The molecule has 0 radical (unpaired) electrons. The number of halogens is 3. The summed E-state index contributed by atoms with van der Waals surface area (Å²) in [5, 5.41) is 7.02. The summed E-state index contributed by atoms with van der Waals surface area (Å²) in [7, 11) is 0. The topological polar surface area (TPSA) is 71.1 Å². The number of alkyl halides is 3. The van der Waals surface area contributed by atoms with Crippen molar-refractivity contribution in [1.29, 1.82) is 0 Å². The van der Waals surface area contributed by atoms with Gasteiger partial charge in [0.15, 0.2) is 5.13 Å². The molecule has 0 bridgehead atoms. The van der Waals surface area contributed by atoms with Crippen LogP contribution < -0.4 is 10.6 Å². The first-order chi connectivity index (χ1) is 11.6. The fraction of sp³-hybridized carbons (Fsp3) is 0.312. The zero-order chi connectivity index (χ0) is 18.6. The van der Waals surface area contributed by atoms with Gasteiger partial charge in [-0.15, -0.1) is 11.3 Å². The van der Waals surface area contributed by atoms with Crippen LogP contribution in [0.2, 0.25) is 0 Å². The molecule has 1 heterocycles. The number of nitrogens with zero attached hydrogens (tertiary/aromatic N) is 1. The van der Waals surface area contributed by atoms with Gasteiger partial charge in [0.1, 0.15) is 0 Å². The molecular weight excluding hydrogens is 355 g/mol. The highest BCUT2D eigenvalue weighted by atomic mass is 32.1. The van der Waals surface area contributed by atoms with Gasteiger partial charge in [0.05, 0.1) is 17.7 Å². The summed E-state index contributed by atoms with van der Waals surface area (Å²) in [5.74, 6) is -0.878. The average Bonchev–Trinajstić information content (AvgIpc) is 2.93. The van der Waals surface area contributed by atoms with Crippen LogP contribution in [-0.4, -0.2) is 16.8 Å². The molecule has 0 aliphatic rings. The van der Waals surface area contributed by atoms with Gasteiger partial charge in [-0.3, -0.25) is 9.59 Å². The first-order valence-electron chi connectivity index (χ1n) is 7.37. The molecule has 2 aromatic rings. The van der Waals surface area contributed by atoms with Crippen LogP contribution in [0.4, 0.5) is 24.0 Å². The van der Waals surface area contributed by atoms with E-state index in [1.165, 1.54) is 23.5 Å². The zero-order valence-electron chi connectivity index (χ0n) is 13.5. The largest absolute Gasteiger partial charge is 0.416 e. The van der Waals surface area contributed by atoms with Crippen molar-refractivity contribution in [2.24, 2.45) is 5.92 Å². The minimum absolute atomic E-state index is 0.0587. The Morgan fingerprint density at radius 1 is 1.24 bits per heavy atom. The Morgan fingerprint density at radius 2 is 1.96 bits per heavy atom. The third kappa shape index (κ3) is 5.56. The highest BCUT2D eigenvalue weighted by Gasteiger charge is 2.30. The molecule has 0 fully saturated rings. The van der Waals surface area contributed by atoms with Crippen molar-refractivity contribution in [3.63, 3.8) is 0 Å². The molecule has 0 saturated carbocycles. The Bertz CT molecular complexity index is 772. The molecule has 9 heteroatoms. The van der Waals surface area contributed by atoms with Gasteiger partial charge in [0.2, 0.25) is 11.8 Å². The fourth-order valence-electron chi connectivity index (χ4n) is 1.84. The fourth-order valence-corrected chi connectivity index (χ4v) is 2.55. The van der Waals surface area contributed by atoms with Crippen molar-refractivity contribution in [2.45, 2.75) is 26.4 Å². The number of hydrogen-bond acceptors (Lipinski definition) is 4. The molecule has 0 unspecified atom stereocenters. The van der Waals surface area contributed by atoms with Crippen molar-refractivity contribution < 1.29 is 22.8 Å². The molecule has 0 spiro atoms. The van der Waals surface area contributed by atoms with Crippen LogP contribution in [0.25, 0.3) is 0 Å². The van der Waals surface area contributed by atoms with Gasteiger partial charge in [-0.05, 0) is 18.2 Å². The Labute approximate surface area is 146 Å². The molecule has 134 valence electrons. The Kier molecular flexibility index (Phi) is 5.78. The molecule has 0 saturated heterocycles. The smallest absolute Gasteiger partial charge is 0.326 e. The van der Waals surface area contributed by atoms with E-state index in [9.17, 15) is 22.8 Å². The molecule has 0 aliphatic heterocycles. The standard InChI is InChI=1S/C16H16F3N3O2S/c1-9(2)14(24)22-15-21-12(8-25-15)7-13(23)20-11-5-3-4-10(6-11)16(17,18)19/h3-6,8-9H,7H2,1-2H3,(H,20,23)(H,21,22,24). The maximum Gasteiger partial charge on any atom is 0.416 e. The van der Waals surface area contributed by atoms with Crippen molar-refractivity contribution >= 4 is 34.0 Å². The van der Waals surface area contributed by atoms with Gasteiger partial charge in [0.25, 0.3) is 0 Å². The molecule has 2 rings (SSSR count). The monoisotopic (exact) mass is 371 g/mol. The third-order valence-electron chi connectivity index (χ3n) is 3.12. The summed E-state index contributed by atoms with van der Waals surface area (Å²) in [6.45, 7) is 3.48. The van der Waals surface area contributed by atoms with E-state index in [0.717, 1.165) is 12.1 Å². The summed E-state index contributed by atoms with van der Waals surface area (Å²) in [6.07, 6.45) is -4.58. The van der Waals surface area contributed by atoms with Crippen molar-refractivity contribution in [3.8, 4) is 0 Å². The van der Waals surface area contributed by atoms with E-state index in [2.05, 4.69) is 15.6 Å². The number of rotatable bonds is 5. The van der Waals surface area contributed by atoms with Gasteiger partial charge in [-0.25, -0.2) is 4.98 Å². The van der Waals surface area contributed by atoms with Crippen molar-refractivity contribution in [1.82, 2.24) is 4.98 Å². The Balaban J connectivity index is 1.97. The first-order valence-corrected chi connectivity index (χ1v) is 8.25. The van der Waals surface area contributed by atoms with Crippen molar-refractivity contribution in [2.75, 3.05) is 10.6 Å². The van der Waals surface area contributed by atoms with Crippen molar-refractivity contribution in [3.05, 3.63) is 40.9 Å². The normalized spacial score (nSPS) is 11.4. The number of carbonyl (C=O) groups excluding carboxylic acids is 2. The van der Waals surface area contributed by atoms with Gasteiger partial charge >= 0.3 is 6.18 Å². The highest BCUT2D eigenvalue weighted by Crippen LogP contribution is 2.30. The second kappa shape index (κ2) is 7.64. The first kappa shape index (κ1) is 18.9. The Hall–Kier alpha value is -2.42. The second-order valence-electron chi connectivity index (χ2n) is 5.59. The Morgan fingerprint density at radius 3 is 2.60 bits per heavy atom. The number of benzene rings is 1. The average molecular weight is 371 g/mol. The molecule has 2 N–H and O–H groups in total. The summed E-state index contributed by atoms with van der Waals surface area (Å²) < 4.78 is 38.0. The highest BCUT2D eigenvalue weighted by molar-refractivity contribution is 7.13. The maximum absolute atomic E-state index is 12.7. The van der Waals surface area contributed by atoms with Gasteiger partial charge in [-0.1, -0.05) is 19.9 Å². The van der Waals surface area contributed by atoms with Crippen LogP contribution >= 0.6 is 11.3 Å². The number of nitrogens with one attached hydrogen (secondary N) is 2. The molecule has 1 aromatic carbocycles. The number of carbonyl (C=O) groups is 2. The zero-order valence-corrected chi connectivity index (χ0v) is 14.3. The molecule has 5 nitrogen and oxygen atoms in total. The molecule has 0 atom stereocenters. The quantitative estimate of drug-likeness (QED) is 0.836. The molecule has 25 heavy (non-hydrogen) atoms. The minimum Gasteiger partial charge on any atom is -0.326 e. The summed E-state index contributed by atoms with van der Waals surface area (Å²) >= 11 is 1.18. The number of amides is 2. The van der Waals surface area contributed by atoms with Gasteiger partial charge < -0.3 is 10.6 Å². The van der Waals surface area contributed by atoms with E-state index >= 15 is 0 Å². The van der Waals surface area contributed by atoms with Crippen LogP contribution in [-0.2, 0) is 22.2 Å². The molecule has 1 aromatic heterocycles. The SMILES string of the molecule is CC(C)C(=O)Nc1nc(CC(=O)Nc2cccc(C(F)(F)F)c2)cs1. The van der Waals surface area contributed by atoms with Gasteiger partial charge in [-0.2, -0.15) is 13.2 Å².